The van der Waals surface area contributed by atoms with Crippen LogP contribution in [0.4, 0.5) is 36.2 Å². The minimum atomic E-state index is -4.57. The number of ether oxygens (including phenoxy) is 1. The zero-order chi connectivity index (χ0) is 21.0. The van der Waals surface area contributed by atoms with Crippen LogP contribution in [0.25, 0.3) is 0 Å². The molecule has 0 aliphatic heterocycles. The van der Waals surface area contributed by atoms with Crippen molar-refractivity contribution in [3.63, 3.8) is 0 Å². The number of aromatic nitrogens is 2. The number of anilines is 4. The lowest BCUT2D eigenvalue weighted by atomic mass is 10.2. The molecule has 1 heterocycles. The Morgan fingerprint density at radius 3 is 2.41 bits per heavy atom. The summed E-state index contributed by atoms with van der Waals surface area (Å²) in [6, 6.07) is 10.9. The van der Waals surface area contributed by atoms with E-state index in [0.29, 0.717) is 12.4 Å². The van der Waals surface area contributed by atoms with Gasteiger partial charge in [-0.1, -0.05) is 23.7 Å². The largest absolute Gasteiger partial charge is 0.497 e. The summed E-state index contributed by atoms with van der Waals surface area (Å²) in [5.74, 6) is 1.26. The molecule has 0 spiro atoms. The van der Waals surface area contributed by atoms with E-state index in [2.05, 4.69) is 20.6 Å². The Bertz CT molecular complexity index is 996. The van der Waals surface area contributed by atoms with Crippen molar-refractivity contribution in [1.82, 2.24) is 9.97 Å². The van der Waals surface area contributed by atoms with Gasteiger partial charge < -0.3 is 21.1 Å². The average Bonchev–Trinajstić information content (AvgIpc) is 2.69. The quantitative estimate of drug-likeness (QED) is 0.511. The Kier molecular flexibility index (Phi) is 5.97. The standard InChI is InChI=1S/C19H17ClF3N5O/c1-29-13-5-2-11(3-6-13)9-25-17-16(24)18(27-10-26-17)28-12-4-7-15(20)14(8-12)19(21,22)23/h2-8,10H,9,24H2,1H3,(H2,25,26,27,28). The van der Waals surface area contributed by atoms with Gasteiger partial charge in [0.2, 0.25) is 0 Å². The molecule has 4 N–H and O–H groups in total. The normalized spacial score (nSPS) is 11.2. The third-order valence-electron chi connectivity index (χ3n) is 4.04. The molecular formula is C19H17ClF3N5O. The maximum Gasteiger partial charge on any atom is 0.417 e. The van der Waals surface area contributed by atoms with E-state index in [0.717, 1.165) is 23.4 Å². The number of alkyl halides is 3. The minimum absolute atomic E-state index is 0.147. The molecule has 3 aromatic rings. The average molecular weight is 424 g/mol. The third kappa shape index (κ3) is 5.00. The van der Waals surface area contributed by atoms with Crippen molar-refractivity contribution in [2.45, 2.75) is 12.7 Å². The molecule has 2 aromatic carbocycles. The Morgan fingerprint density at radius 1 is 1.07 bits per heavy atom. The topological polar surface area (TPSA) is 85.1 Å². The lowest BCUT2D eigenvalue weighted by Gasteiger charge is -2.14. The smallest absolute Gasteiger partial charge is 0.417 e. The summed E-state index contributed by atoms with van der Waals surface area (Å²) in [6.07, 6.45) is -3.31. The van der Waals surface area contributed by atoms with Gasteiger partial charge in [0.15, 0.2) is 11.6 Å². The van der Waals surface area contributed by atoms with Gasteiger partial charge in [-0.15, -0.1) is 0 Å². The number of methoxy groups -OCH3 is 1. The van der Waals surface area contributed by atoms with E-state index in [4.69, 9.17) is 22.1 Å². The van der Waals surface area contributed by atoms with Gasteiger partial charge in [-0.05, 0) is 35.9 Å². The van der Waals surface area contributed by atoms with E-state index in [1.165, 1.54) is 12.4 Å². The van der Waals surface area contributed by atoms with Gasteiger partial charge in [-0.2, -0.15) is 13.2 Å². The van der Waals surface area contributed by atoms with E-state index < -0.39 is 11.7 Å². The number of nitrogen functional groups attached to an aromatic ring is 1. The molecule has 0 fully saturated rings. The fourth-order valence-corrected chi connectivity index (χ4v) is 2.75. The van der Waals surface area contributed by atoms with Gasteiger partial charge in [-0.3, -0.25) is 0 Å². The SMILES string of the molecule is COc1ccc(CNc2ncnc(Nc3ccc(Cl)c(C(F)(F)F)c3)c2N)cc1. The molecule has 6 nitrogen and oxygen atoms in total. The van der Waals surface area contributed by atoms with Crippen LogP contribution in [0, 0.1) is 0 Å². The number of benzene rings is 2. The fourth-order valence-electron chi connectivity index (χ4n) is 2.52. The van der Waals surface area contributed by atoms with Crippen molar-refractivity contribution in [2.75, 3.05) is 23.5 Å². The van der Waals surface area contributed by atoms with E-state index in [1.807, 2.05) is 24.3 Å². The van der Waals surface area contributed by atoms with Crippen molar-refractivity contribution in [1.29, 1.82) is 0 Å². The second kappa shape index (κ2) is 8.44. The van der Waals surface area contributed by atoms with Gasteiger partial charge in [0.05, 0.1) is 17.7 Å². The fraction of sp³-hybridized carbons (Fsp3) is 0.158. The number of nitrogens with one attached hydrogen (secondary N) is 2. The van der Waals surface area contributed by atoms with Crippen LogP contribution in [0.5, 0.6) is 5.75 Å². The van der Waals surface area contributed by atoms with Gasteiger partial charge in [-0.25, -0.2) is 9.97 Å². The van der Waals surface area contributed by atoms with Crippen LogP contribution in [-0.2, 0) is 12.7 Å². The van der Waals surface area contributed by atoms with Crippen molar-refractivity contribution in [3.05, 3.63) is 64.9 Å². The van der Waals surface area contributed by atoms with Gasteiger partial charge in [0.25, 0.3) is 0 Å². The van der Waals surface area contributed by atoms with Crippen LogP contribution in [0.3, 0.4) is 0 Å². The predicted molar refractivity (Wildman–Crippen MR) is 107 cm³/mol. The van der Waals surface area contributed by atoms with Gasteiger partial charge in [0, 0.05) is 12.2 Å². The van der Waals surface area contributed by atoms with Crippen LogP contribution in [-0.4, -0.2) is 17.1 Å². The highest BCUT2D eigenvalue weighted by molar-refractivity contribution is 6.31. The summed E-state index contributed by atoms with van der Waals surface area (Å²) in [5.41, 5.74) is 6.41. The highest BCUT2D eigenvalue weighted by Gasteiger charge is 2.33. The minimum Gasteiger partial charge on any atom is -0.497 e. The summed E-state index contributed by atoms with van der Waals surface area (Å²) in [6.45, 7) is 0.434. The predicted octanol–water partition coefficient (Wildman–Crippen LogP) is 5.10. The molecule has 152 valence electrons. The summed E-state index contributed by atoms with van der Waals surface area (Å²) < 4.78 is 44.2. The van der Waals surface area contributed by atoms with Gasteiger partial charge >= 0.3 is 6.18 Å². The van der Waals surface area contributed by atoms with Crippen LogP contribution in [0.1, 0.15) is 11.1 Å². The Morgan fingerprint density at radius 2 is 1.76 bits per heavy atom. The molecule has 0 atom stereocenters. The Hall–Kier alpha value is -3.20. The molecule has 0 radical (unpaired) electrons. The molecule has 0 saturated carbocycles. The van der Waals surface area contributed by atoms with E-state index in [9.17, 15) is 13.2 Å². The molecule has 0 unspecified atom stereocenters. The molecule has 0 saturated heterocycles. The lowest BCUT2D eigenvalue weighted by Crippen LogP contribution is -2.09. The highest BCUT2D eigenvalue weighted by Crippen LogP contribution is 2.37. The first kappa shape index (κ1) is 20.5. The third-order valence-corrected chi connectivity index (χ3v) is 4.37. The second-order valence-corrected chi connectivity index (χ2v) is 6.41. The molecule has 0 bridgehead atoms. The maximum atomic E-state index is 13.0. The highest BCUT2D eigenvalue weighted by atomic mass is 35.5. The number of hydrogen-bond donors (Lipinski definition) is 3. The summed E-state index contributed by atoms with van der Waals surface area (Å²) >= 11 is 5.64. The molecule has 0 aliphatic carbocycles. The zero-order valence-electron chi connectivity index (χ0n) is 15.2. The molecule has 1 aromatic heterocycles. The number of nitrogens with zero attached hydrogens (tertiary/aromatic N) is 2. The second-order valence-electron chi connectivity index (χ2n) is 6.00. The molecule has 0 amide bonds. The first-order valence-corrected chi connectivity index (χ1v) is 8.77. The van der Waals surface area contributed by atoms with E-state index >= 15 is 0 Å². The Labute approximate surface area is 169 Å². The van der Waals surface area contributed by atoms with Crippen molar-refractivity contribution >= 4 is 34.6 Å². The van der Waals surface area contributed by atoms with Crippen molar-refractivity contribution in [2.24, 2.45) is 0 Å². The van der Waals surface area contributed by atoms with Crippen molar-refractivity contribution in [3.8, 4) is 5.75 Å². The van der Waals surface area contributed by atoms with E-state index in [-0.39, 0.29) is 22.2 Å². The summed E-state index contributed by atoms with van der Waals surface area (Å²) in [4.78, 5) is 8.10. The summed E-state index contributed by atoms with van der Waals surface area (Å²) in [5, 5.41) is 5.47. The molecule has 0 aliphatic rings. The van der Waals surface area contributed by atoms with Crippen LogP contribution >= 0.6 is 11.6 Å². The summed E-state index contributed by atoms with van der Waals surface area (Å²) in [7, 11) is 1.59. The van der Waals surface area contributed by atoms with Crippen LogP contribution in [0.2, 0.25) is 5.02 Å². The van der Waals surface area contributed by atoms with Crippen molar-refractivity contribution < 1.29 is 17.9 Å². The molecule has 10 heteroatoms. The van der Waals surface area contributed by atoms with Crippen LogP contribution in [0.15, 0.2) is 48.8 Å². The number of nitrogens with two attached hydrogens (primary N) is 1. The number of rotatable bonds is 6. The monoisotopic (exact) mass is 423 g/mol. The van der Waals surface area contributed by atoms with Crippen LogP contribution < -0.4 is 21.1 Å². The number of hydrogen-bond acceptors (Lipinski definition) is 6. The van der Waals surface area contributed by atoms with E-state index in [1.54, 1.807) is 7.11 Å². The maximum absolute atomic E-state index is 13.0. The van der Waals surface area contributed by atoms with Gasteiger partial charge in [0.1, 0.15) is 17.8 Å². The lowest BCUT2D eigenvalue weighted by molar-refractivity contribution is -0.137. The Balaban J connectivity index is 1.76. The molecular weight excluding hydrogens is 407 g/mol. The number of halogens is 4. The molecule has 3 rings (SSSR count). The first-order valence-electron chi connectivity index (χ1n) is 8.39. The zero-order valence-corrected chi connectivity index (χ0v) is 16.0. The molecule has 29 heavy (non-hydrogen) atoms. The first-order chi connectivity index (χ1) is 13.8.